The zero-order valence-corrected chi connectivity index (χ0v) is 8.73. The quantitative estimate of drug-likeness (QED) is 0.516. The van der Waals surface area contributed by atoms with Gasteiger partial charge in [0.15, 0.2) is 0 Å². The fourth-order valence-corrected chi connectivity index (χ4v) is 2.13. The fourth-order valence-electron chi connectivity index (χ4n) is 2.13. The van der Waals surface area contributed by atoms with E-state index in [1.54, 1.807) is 0 Å². The van der Waals surface area contributed by atoms with Crippen molar-refractivity contribution in [2.75, 3.05) is 13.1 Å². The minimum atomic E-state index is 0.548. The van der Waals surface area contributed by atoms with Crippen LogP contribution in [0.4, 0.5) is 0 Å². The van der Waals surface area contributed by atoms with Crippen molar-refractivity contribution in [1.82, 2.24) is 5.32 Å². The highest BCUT2D eigenvalue weighted by molar-refractivity contribution is 4.85. The molecule has 13 heavy (non-hydrogen) atoms. The summed E-state index contributed by atoms with van der Waals surface area (Å²) in [4.78, 5) is 0. The van der Waals surface area contributed by atoms with Crippen LogP contribution in [-0.2, 0) is 0 Å². The summed E-state index contributed by atoms with van der Waals surface area (Å²) in [5.74, 6) is 2.66. The predicted molar refractivity (Wildman–Crippen MR) is 57.5 cm³/mol. The summed E-state index contributed by atoms with van der Waals surface area (Å²) in [6, 6.07) is 0. The topological polar surface area (TPSA) is 12.0 Å². The average molecular weight is 179 g/mol. The van der Waals surface area contributed by atoms with E-state index in [0.717, 1.165) is 19.5 Å². The lowest BCUT2D eigenvalue weighted by Crippen LogP contribution is -2.33. The lowest BCUT2D eigenvalue weighted by molar-refractivity contribution is 0.209. The Bertz CT molecular complexity index is 172. The molecule has 1 saturated carbocycles. The Morgan fingerprint density at radius 2 is 2.00 bits per heavy atom. The molecule has 0 atom stereocenters. The number of hydrogen-bond acceptors (Lipinski definition) is 1. The Balaban J connectivity index is 2.14. The van der Waals surface area contributed by atoms with Gasteiger partial charge in [-0.1, -0.05) is 26.2 Å². The van der Waals surface area contributed by atoms with Gasteiger partial charge < -0.3 is 5.32 Å². The van der Waals surface area contributed by atoms with Crippen LogP contribution in [0.25, 0.3) is 0 Å². The van der Waals surface area contributed by atoms with Crippen molar-refractivity contribution >= 4 is 0 Å². The monoisotopic (exact) mass is 179 g/mol. The van der Waals surface area contributed by atoms with Crippen LogP contribution in [0.2, 0.25) is 0 Å². The Morgan fingerprint density at radius 3 is 2.62 bits per heavy atom. The van der Waals surface area contributed by atoms with Gasteiger partial charge in [-0.3, -0.25) is 0 Å². The number of terminal acetylenes is 1. The first-order valence-electron chi connectivity index (χ1n) is 5.41. The molecule has 0 aromatic carbocycles. The molecule has 0 aromatic rings. The second-order valence-electron chi connectivity index (χ2n) is 4.50. The normalized spacial score (nSPS) is 20.9. The first kappa shape index (κ1) is 10.6. The Labute approximate surface area is 82.3 Å². The molecule has 1 aliphatic rings. The first-order chi connectivity index (χ1) is 6.27. The van der Waals surface area contributed by atoms with E-state index in [1.165, 1.54) is 32.1 Å². The molecule has 0 bridgehead atoms. The van der Waals surface area contributed by atoms with E-state index in [1.807, 2.05) is 0 Å². The van der Waals surface area contributed by atoms with E-state index < -0.39 is 0 Å². The summed E-state index contributed by atoms with van der Waals surface area (Å²) in [5.41, 5.74) is 0.548. The van der Waals surface area contributed by atoms with Gasteiger partial charge >= 0.3 is 0 Å². The van der Waals surface area contributed by atoms with Crippen LogP contribution in [0.3, 0.4) is 0 Å². The Hall–Kier alpha value is -0.480. The smallest absolute Gasteiger partial charge is 0.0211 e. The highest BCUT2D eigenvalue weighted by Gasteiger charge is 2.25. The molecular weight excluding hydrogens is 158 g/mol. The minimum absolute atomic E-state index is 0.548. The van der Waals surface area contributed by atoms with Crippen molar-refractivity contribution in [2.24, 2.45) is 5.41 Å². The highest BCUT2D eigenvalue weighted by Crippen LogP contribution is 2.34. The second-order valence-corrected chi connectivity index (χ2v) is 4.50. The molecule has 1 N–H and O–H groups in total. The number of rotatable bonds is 4. The molecule has 0 unspecified atom stereocenters. The molecule has 1 nitrogen and oxygen atoms in total. The van der Waals surface area contributed by atoms with Gasteiger partial charge in [0.2, 0.25) is 0 Å². The van der Waals surface area contributed by atoms with Crippen molar-refractivity contribution in [3.63, 3.8) is 0 Å². The predicted octanol–water partition coefficient (Wildman–Crippen LogP) is 2.57. The summed E-state index contributed by atoms with van der Waals surface area (Å²) < 4.78 is 0. The van der Waals surface area contributed by atoms with E-state index in [2.05, 4.69) is 18.2 Å². The molecule has 0 spiro atoms. The van der Waals surface area contributed by atoms with E-state index in [4.69, 9.17) is 6.42 Å². The maximum atomic E-state index is 5.19. The molecule has 0 heterocycles. The Kier molecular flexibility index (Phi) is 4.32. The molecular formula is C12H21N. The highest BCUT2D eigenvalue weighted by atomic mass is 14.9. The first-order valence-corrected chi connectivity index (χ1v) is 5.41. The average Bonchev–Trinajstić information content (AvgIpc) is 2.14. The standard InChI is InChI=1S/C12H21N/c1-3-4-10-13-11-12(2)8-6-5-7-9-12/h1,13H,4-11H2,2H3. The summed E-state index contributed by atoms with van der Waals surface area (Å²) in [6.45, 7) is 4.52. The van der Waals surface area contributed by atoms with Gasteiger partial charge in [-0.15, -0.1) is 12.3 Å². The van der Waals surface area contributed by atoms with Crippen LogP contribution in [0.5, 0.6) is 0 Å². The molecule has 1 heteroatoms. The third-order valence-electron chi connectivity index (χ3n) is 3.06. The third kappa shape index (κ3) is 3.83. The van der Waals surface area contributed by atoms with Crippen molar-refractivity contribution in [3.05, 3.63) is 0 Å². The van der Waals surface area contributed by atoms with E-state index >= 15 is 0 Å². The molecule has 0 aliphatic heterocycles. The van der Waals surface area contributed by atoms with Gasteiger partial charge in [0.25, 0.3) is 0 Å². The van der Waals surface area contributed by atoms with Crippen LogP contribution in [0.1, 0.15) is 45.4 Å². The van der Waals surface area contributed by atoms with Crippen molar-refractivity contribution in [3.8, 4) is 12.3 Å². The Morgan fingerprint density at radius 1 is 1.31 bits per heavy atom. The second kappa shape index (κ2) is 5.29. The number of nitrogens with one attached hydrogen (secondary N) is 1. The summed E-state index contributed by atoms with van der Waals surface area (Å²) in [5, 5.41) is 3.45. The van der Waals surface area contributed by atoms with Crippen LogP contribution < -0.4 is 5.32 Å². The van der Waals surface area contributed by atoms with Crippen LogP contribution in [0.15, 0.2) is 0 Å². The van der Waals surface area contributed by atoms with Gasteiger partial charge in [0, 0.05) is 19.5 Å². The third-order valence-corrected chi connectivity index (χ3v) is 3.06. The molecule has 1 aliphatic carbocycles. The summed E-state index contributed by atoms with van der Waals surface area (Å²) in [7, 11) is 0. The minimum Gasteiger partial charge on any atom is -0.315 e. The number of hydrogen-bond donors (Lipinski definition) is 1. The van der Waals surface area contributed by atoms with Crippen LogP contribution >= 0.6 is 0 Å². The van der Waals surface area contributed by atoms with E-state index in [0.29, 0.717) is 5.41 Å². The molecule has 1 fully saturated rings. The fraction of sp³-hybridized carbons (Fsp3) is 0.833. The van der Waals surface area contributed by atoms with Gasteiger partial charge in [0.1, 0.15) is 0 Å². The van der Waals surface area contributed by atoms with E-state index in [-0.39, 0.29) is 0 Å². The molecule has 0 amide bonds. The zero-order chi connectivity index (χ0) is 9.57. The van der Waals surface area contributed by atoms with Gasteiger partial charge in [0.05, 0.1) is 0 Å². The largest absolute Gasteiger partial charge is 0.315 e. The molecule has 1 rings (SSSR count). The van der Waals surface area contributed by atoms with Crippen molar-refractivity contribution < 1.29 is 0 Å². The summed E-state index contributed by atoms with van der Waals surface area (Å²) in [6.07, 6.45) is 13.1. The molecule has 74 valence electrons. The van der Waals surface area contributed by atoms with Crippen LogP contribution in [0, 0.1) is 17.8 Å². The lowest BCUT2D eigenvalue weighted by atomic mass is 9.76. The lowest BCUT2D eigenvalue weighted by Gasteiger charge is -2.33. The van der Waals surface area contributed by atoms with Crippen molar-refractivity contribution in [1.29, 1.82) is 0 Å². The zero-order valence-electron chi connectivity index (χ0n) is 8.73. The maximum Gasteiger partial charge on any atom is 0.0211 e. The molecule has 0 radical (unpaired) electrons. The maximum absolute atomic E-state index is 5.19. The van der Waals surface area contributed by atoms with Gasteiger partial charge in [-0.05, 0) is 18.3 Å². The SMILES string of the molecule is C#CCCNCC1(C)CCCCC1. The molecule has 0 aromatic heterocycles. The molecule has 0 saturated heterocycles. The van der Waals surface area contributed by atoms with E-state index in [9.17, 15) is 0 Å². The van der Waals surface area contributed by atoms with Gasteiger partial charge in [-0.2, -0.15) is 0 Å². The summed E-state index contributed by atoms with van der Waals surface area (Å²) >= 11 is 0. The van der Waals surface area contributed by atoms with Gasteiger partial charge in [-0.25, -0.2) is 0 Å². The van der Waals surface area contributed by atoms with Crippen molar-refractivity contribution in [2.45, 2.75) is 45.4 Å². The van der Waals surface area contributed by atoms with Crippen LogP contribution in [-0.4, -0.2) is 13.1 Å².